The molecule has 1 saturated heterocycles. The molecule has 0 atom stereocenters. The molecule has 0 saturated carbocycles. The quantitative estimate of drug-likeness (QED) is 0.614. The zero-order valence-electron chi connectivity index (χ0n) is 12.9. The van der Waals surface area contributed by atoms with E-state index in [0.29, 0.717) is 44.4 Å². The highest BCUT2D eigenvalue weighted by Crippen LogP contribution is 2.18. The smallest absolute Gasteiger partial charge is 0.243 e. The molecule has 1 N–H and O–H groups in total. The molecular formula is C14H20FN3O3S2. The Morgan fingerprint density at radius 3 is 2.43 bits per heavy atom. The maximum Gasteiger partial charge on any atom is 0.243 e. The Hall–Kier alpha value is -1.29. The molecule has 1 aliphatic heterocycles. The van der Waals surface area contributed by atoms with Crippen molar-refractivity contribution in [2.75, 3.05) is 46.4 Å². The fourth-order valence-electron chi connectivity index (χ4n) is 2.26. The molecule has 23 heavy (non-hydrogen) atoms. The molecule has 1 aromatic carbocycles. The van der Waals surface area contributed by atoms with Crippen LogP contribution in [0.3, 0.4) is 0 Å². The summed E-state index contributed by atoms with van der Waals surface area (Å²) in [6.45, 7) is 2.87. The zero-order valence-corrected chi connectivity index (χ0v) is 14.5. The Labute approximate surface area is 141 Å². The van der Waals surface area contributed by atoms with Crippen molar-refractivity contribution in [3.63, 3.8) is 0 Å². The van der Waals surface area contributed by atoms with Crippen LogP contribution >= 0.6 is 12.2 Å². The summed E-state index contributed by atoms with van der Waals surface area (Å²) in [5, 5.41) is 3.67. The van der Waals surface area contributed by atoms with Gasteiger partial charge in [0, 0.05) is 39.8 Å². The summed E-state index contributed by atoms with van der Waals surface area (Å²) >= 11 is 5.28. The zero-order chi connectivity index (χ0) is 16.9. The van der Waals surface area contributed by atoms with Gasteiger partial charge in [0.2, 0.25) is 10.0 Å². The number of rotatable bonds is 5. The Bertz CT molecular complexity index is 629. The first-order valence-electron chi connectivity index (χ1n) is 7.22. The average molecular weight is 361 g/mol. The van der Waals surface area contributed by atoms with Gasteiger partial charge in [0.15, 0.2) is 5.11 Å². The third-order valence-corrected chi connectivity index (χ3v) is 5.88. The van der Waals surface area contributed by atoms with Gasteiger partial charge in [-0.25, -0.2) is 12.8 Å². The van der Waals surface area contributed by atoms with E-state index in [1.54, 1.807) is 7.11 Å². The molecule has 1 heterocycles. The number of hydrogen-bond donors (Lipinski definition) is 1. The summed E-state index contributed by atoms with van der Waals surface area (Å²) in [4.78, 5) is 2.04. The van der Waals surface area contributed by atoms with Gasteiger partial charge in [0.05, 0.1) is 11.5 Å². The van der Waals surface area contributed by atoms with E-state index in [0.717, 1.165) is 12.1 Å². The molecule has 9 heteroatoms. The highest BCUT2D eigenvalue weighted by molar-refractivity contribution is 7.89. The standard InChI is InChI=1S/C14H20FN3O3S2/c1-21-11-6-16-14(22)17-7-9-18(10-8-17)23(19,20)13-4-2-12(15)3-5-13/h2-5H,6-11H2,1H3,(H,16,22). The minimum atomic E-state index is -3.59. The van der Waals surface area contributed by atoms with E-state index in [1.807, 2.05) is 4.90 Å². The third kappa shape index (κ3) is 4.60. The molecule has 0 spiro atoms. The lowest BCUT2D eigenvalue weighted by molar-refractivity contribution is 0.201. The number of ether oxygens (including phenoxy) is 1. The highest BCUT2D eigenvalue weighted by atomic mass is 32.2. The number of halogens is 1. The molecule has 2 rings (SSSR count). The molecule has 0 aliphatic carbocycles. The Morgan fingerprint density at radius 2 is 1.87 bits per heavy atom. The van der Waals surface area contributed by atoms with Crippen molar-refractivity contribution in [1.29, 1.82) is 0 Å². The van der Waals surface area contributed by atoms with Crippen LogP contribution < -0.4 is 5.32 Å². The van der Waals surface area contributed by atoms with Crippen molar-refractivity contribution < 1.29 is 17.5 Å². The molecule has 0 unspecified atom stereocenters. The minimum Gasteiger partial charge on any atom is -0.383 e. The largest absolute Gasteiger partial charge is 0.383 e. The van der Waals surface area contributed by atoms with Crippen molar-refractivity contribution in [2.24, 2.45) is 0 Å². The van der Waals surface area contributed by atoms with Gasteiger partial charge in [-0.2, -0.15) is 4.31 Å². The minimum absolute atomic E-state index is 0.105. The van der Waals surface area contributed by atoms with E-state index in [-0.39, 0.29) is 4.90 Å². The molecule has 128 valence electrons. The summed E-state index contributed by atoms with van der Waals surface area (Å²) < 4.78 is 44.3. The first kappa shape index (κ1) is 18.1. The second kappa shape index (κ2) is 8.00. The lowest BCUT2D eigenvalue weighted by Gasteiger charge is -2.35. The Morgan fingerprint density at radius 1 is 1.26 bits per heavy atom. The van der Waals surface area contributed by atoms with Crippen molar-refractivity contribution in [3.8, 4) is 0 Å². The van der Waals surface area contributed by atoms with Gasteiger partial charge in [-0.3, -0.25) is 0 Å². The van der Waals surface area contributed by atoms with Crippen LogP contribution in [0.25, 0.3) is 0 Å². The van der Waals surface area contributed by atoms with E-state index >= 15 is 0 Å². The number of methoxy groups -OCH3 is 1. The topological polar surface area (TPSA) is 61.9 Å². The first-order valence-corrected chi connectivity index (χ1v) is 9.07. The average Bonchev–Trinajstić information content (AvgIpc) is 2.55. The molecule has 1 fully saturated rings. The van der Waals surface area contributed by atoms with E-state index in [4.69, 9.17) is 17.0 Å². The summed E-state index contributed by atoms with van der Waals surface area (Å²) in [7, 11) is -1.98. The number of sulfonamides is 1. The van der Waals surface area contributed by atoms with Crippen molar-refractivity contribution >= 4 is 27.4 Å². The number of benzene rings is 1. The van der Waals surface area contributed by atoms with Crippen LogP contribution in [0.15, 0.2) is 29.2 Å². The maximum atomic E-state index is 12.9. The van der Waals surface area contributed by atoms with Crippen LogP contribution in [0.2, 0.25) is 0 Å². The lowest BCUT2D eigenvalue weighted by Crippen LogP contribution is -2.53. The van der Waals surface area contributed by atoms with Gasteiger partial charge >= 0.3 is 0 Å². The van der Waals surface area contributed by atoms with Gasteiger partial charge in [-0.15, -0.1) is 0 Å². The molecule has 0 bridgehead atoms. The lowest BCUT2D eigenvalue weighted by atomic mass is 10.4. The predicted octanol–water partition coefficient (Wildman–Crippen LogP) is 0.653. The second-order valence-electron chi connectivity index (χ2n) is 5.07. The normalized spacial score (nSPS) is 16.3. The summed E-state index contributed by atoms with van der Waals surface area (Å²) in [6.07, 6.45) is 0. The molecule has 0 amide bonds. The summed E-state index contributed by atoms with van der Waals surface area (Å²) in [5.41, 5.74) is 0. The van der Waals surface area contributed by atoms with Crippen LogP contribution in [0.4, 0.5) is 4.39 Å². The van der Waals surface area contributed by atoms with Gasteiger partial charge < -0.3 is 15.0 Å². The SMILES string of the molecule is COCCNC(=S)N1CCN(S(=O)(=O)c2ccc(F)cc2)CC1. The fraction of sp³-hybridized carbons (Fsp3) is 0.500. The summed E-state index contributed by atoms with van der Waals surface area (Å²) in [6, 6.07) is 4.87. The molecular weight excluding hydrogens is 341 g/mol. The van der Waals surface area contributed by atoms with E-state index in [1.165, 1.54) is 16.4 Å². The van der Waals surface area contributed by atoms with E-state index in [2.05, 4.69) is 5.32 Å². The number of thiocarbonyl (C=S) groups is 1. The van der Waals surface area contributed by atoms with Gasteiger partial charge in [0.25, 0.3) is 0 Å². The monoisotopic (exact) mass is 361 g/mol. The van der Waals surface area contributed by atoms with Crippen LogP contribution in [-0.4, -0.2) is 69.2 Å². The highest BCUT2D eigenvalue weighted by Gasteiger charge is 2.29. The maximum absolute atomic E-state index is 12.9. The van der Waals surface area contributed by atoms with Crippen molar-refractivity contribution in [1.82, 2.24) is 14.5 Å². The van der Waals surface area contributed by atoms with E-state index in [9.17, 15) is 12.8 Å². The fourth-order valence-corrected chi connectivity index (χ4v) is 3.97. The number of nitrogens with one attached hydrogen (secondary N) is 1. The first-order chi connectivity index (χ1) is 10.9. The van der Waals surface area contributed by atoms with Gasteiger partial charge in [0.1, 0.15) is 5.82 Å². The molecule has 1 aliphatic rings. The number of hydrogen-bond acceptors (Lipinski definition) is 4. The molecule has 6 nitrogen and oxygen atoms in total. The number of nitrogens with zero attached hydrogens (tertiary/aromatic N) is 2. The Kier molecular flexibility index (Phi) is 6.28. The molecule has 0 aromatic heterocycles. The van der Waals surface area contributed by atoms with Crippen molar-refractivity contribution in [2.45, 2.75) is 4.90 Å². The third-order valence-electron chi connectivity index (χ3n) is 3.56. The second-order valence-corrected chi connectivity index (χ2v) is 7.39. The van der Waals surface area contributed by atoms with E-state index < -0.39 is 15.8 Å². The number of piperazine rings is 1. The molecule has 1 aromatic rings. The van der Waals surface area contributed by atoms with Crippen LogP contribution in [-0.2, 0) is 14.8 Å². The van der Waals surface area contributed by atoms with Crippen molar-refractivity contribution in [3.05, 3.63) is 30.1 Å². The van der Waals surface area contributed by atoms with Gasteiger partial charge in [-0.05, 0) is 36.5 Å². The van der Waals surface area contributed by atoms with Crippen LogP contribution in [0.1, 0.15) is 0 Å². The summed E-state index contributed by atoms with van der Waals surface area (Å²) in [5.74, 6) is -0.457. The molecule has 0 radical (unpaired) electrons. The van der Waals surface area contributed by atoms with Crippen LogP contribution in [0, 0.1) is 5.82 Å². The Balaban J connectivity index is 1.93. The van der Waals surface area contributed by atoms with Crippen LogP contribution in [0.5, 0.6) is 0 Å². The van der Waals surface area contributed by atoms with Gasteiger partial charge in [-0.1, -0.05) is 0 Å². The predicted molar refractivity (Wildman–Crippen MR) is 89.2 cm³/mol.